The van der Waals surface area contributed by atoms with Crippen LogP contribution in [0.1, 0.15) is 36.7 Å². The first-order chi connectivity index (χ1) is 12.5. The van der Waals surface area contributed by atoms with Gasteiger partial charge < -0.3 is 15.0 Å². The highest BCUT2D eigenvalue weighted by Crippen LogP contribution is 2.31. The molecule has 1 heterocycles. The molecule has 0 saturated heterocycles. The number of fused-ring (bicyclic) bond motifs is 1. The fourth-order valence-corrected chi connectivity index (χ4v) is 3.34. The van der Waals surface area contributed by atoms with Gasteiger partial charge in [-0.3, -0.25) is 4.79 Å². The minimum atomic E-state index is -0.113. The van der Waals surface area contributed by atoms with Crippen LogP contribution in [0.15, 0.2) is 48.5 Å². The lowest BCUT2D eigenvalue weighted by molar-refractivity contribution is 0.0963. The zero-order chi connectivity index (χ0) is 18.7. The van der Waals surface area contributed by atoms with E-state index < -0.39 is 0 Å². The average molecular weight is 351 g/mol. The zero-order valence-corrected chi connectivity index (χ0v) is 15.4. The number of carbonyl (C=O) groups excluding carboxylic acids is 1. The van der Waals surface area contributed by atoms with Crippen molar-refractivity contribution in [2.24, 2.45) is 5.92 Å². The van der Waals surface area contributed by atoms with Crippen molar-refractivity contribution in [2.75, 3.05) is 13.7 Å². The normalized spacial score (nSPS) is 12.5. The van der Waals surface area contributed by atoms with E-state index in [2.05, 4.69) is 23.7 Å². The summed E-state index contributed by atoms with van der Waals surface area (Å²) >= 11 is 0. The molecule has 0 aliphatic heterocycles. The van der Waals surface area contributed by atoms with Gasteiger partial charge in [-0.2, -0.15) is 0 Å². The molecule has 5 heteroatoms. The number of aliphatic hydroxyl groups excluding tert-OH is 1. The molecule has 5 nitrogen and oxygen atoms in total. The third-order valence-electron chi connectivity index (χ3n) is 4.55. The number of para-hydroxylation sites is 2. The van der Waals surface area contributed by atoms with Crippen molar-refractivity contribution in [1.82, 2.24) is 14.9 Å². The fourth-order valence-electron chi connectivity index (χ4n) is 3.34. The van der Waals surface area contributed by atoms with Gasteiger partial charge in [-0.25, -0.2) is 4.98 Å². The summed E-state index contributed by atoms with van der Waals surface area (Å²) in [7, 11) is 1.62. The standard InChI is InChI=1S/C21H25N3O2/c1-14(2)12-17(13-25)24-19-7-5-4-6-18(19)23-20(24)15-8-10-16(11-9-15)21(26)22-3/h4-11,14,17,25H,12-13H2,1-3H3,(H,22,26)/t17-/m1/s1. The lowest BCUT2D eigenvalue weighted by Crippen LogP contribution is -2.18. The van der Waals surface area contributed by atoms with Gasteiger partial charge in [0.1, 0.15) is 5.82 Å². The van der Waals surface area contributed by atoms with E-state index in [9.17, 15) is 9.90 Å². The topological polar surface area (TPSA) is 67.2 Å². The van der Waals surface area contributed by atoms with Crippen LogP contribution in [-0.4, -0.2) is 34.2 Å². The number of hydrogen-bond donors (Lipinski definition) is 2. The highest BCUT2D eigenvalue weighted by molar-refractivity contribution is 5.94. The lowest BCUT2D eigenvalue weighted by atomic mass is 10.0. The zero-order valence-electron chi connectivity index (χ0n) is 15.4. The monoisotopic (exact) mass is 351 g/mol. The van der Waals surface area contributed by atoms with Crippen LogP contribution >= 0.6 is 0 Å². The molecule has 0 saturated carbocycles. The molecular weight excluding hydrogens is 326 g/mol. The van der Waals surface area contributed by atoms with Gasteiger partial charge in [-0.1, -0.05) is 38.1 Å². The Labute approximate surface area is 153 Å². The fraction of sp³-hybridized carbons (Fsp3) is 0.333. The maximum absolute atomic E-state index is 11.8. The highest BCUT2D eigenvalue weighted by atomic mass is 16.3. The SMILES string of the molecule is CNC(=O)c1ccc(-c2nc3ccccc3n2[C@@H](CO)CC(C)C)cc1. The minimum absolute atomic E-state index is 0.0454. The average Bonchev–Trinajstić information content (AvgIpc) is 3.05. The van der Waals surface area contributed by atoms with Crippen LogP contribution in [0.2, 0.25) is 0 Å². The Morgan fingerprint density at radius 3 is 2.46 bits per heavy atom. The van der Waals surface area contributed by atoms with Gasteiger partial charge in [0.2, 0.25) is 0 Å². The van der Waals surface area contributed by atoms with E-state index in [0.29, 0.717) is 11.5 Å². The van der Waals surface area contributed by atoms with Crippen LogP contribution < -0.4 is 5.32 Å². The molecule has 2 N–H and O–H groups in total. The lowest BCUT2D eigenvalue weighted by Gasteiger charge is -2.21. The molecule has 0 bridgehead atoms. The summed E-state index contributed by atoms with van der Waals surface area (Å²) < 4.78 is 2.13. The third kappa shape index (κ3) is 3.48. The van der Waals surface area contributed by atoms with E-state index in [4.69, 9.17) is 4.98 Å². The number of rotatable bonds is 6. The summed E-state index contributed by atoms with van der Waals surface area (Å²) in [6, 6.07) is 15.3. The summed E-state index contributed by atoms with van der Waals surface area (Å²) in [6.45, 7) is 4.36. The van der Waals surface area contributed by atoms with Crippen molar-refractivity contribution in [2.45, 2.75) is 26.3 Å². The van der Waals surface area contributed by atoms with Crippen molar-refractivity contribution < 1.29 is 9.90 Å². The number of amides is 1. The first kappa shape index (κ1) is 18.1. The van der Waals surface area contributed by atoms with E-state index in [1.54, 1.807) is 19.2 Å². The van der Waals surface area contributed by atoms with Gasteiger partial charge in [0.15, 0.2) is 0 Å². The summed E-state index contributed by atoms with van der Waals surface area (Å²) in [4.78, 5) is 16.6. The molecule has 0 radical (unpaired) electrons. The number of nitrogens with zero attached hydrogens (tertiary/aromatic N) is 2. The van der Waals surface area contributed by atoms with Gasteiger partial charge in [0.05, 0.1) is 23.7 Å². The number of aromatic nitrogens is 2. The second kappa shape index (κ2) is 7.70. The Bertz CT molecular complexity index is 897. The highest BCUT2D eigenvalue weighted by Gasteiger charge is 2.20. The number of aliphatic hydroxyl groups is 1. The van der Waals surface area contributed by atoms with Crippen molar-refractivity contribution in [3.63, 3.8) is 0 Å². The van der Waals surface area contributed by atoms with Crippen molar-refractivity contribution >= 4 is 16.9 Å². The number of benzene rings is 2. The molecule has 1 aromatic heterocycles. The van der Waals surface area contributed by atoms with Crippen LogP contribution in [0.3, 0.4) is 0 Å². The molecule has 2 aromatic carbocycles. The molecular formula is C21H25N3O2. The number of hydrogen-bond acceptors (Lipinski definition) is 3. The maximum Gasteiger partial charge on any atom is 0.251 e. The van der Waals surface area contributed by atoms with Gasteiger partial charge >= 0.3 is 0 Å². The molecule has 1 atom stereocenters. The molecule has 0 spiro atoms. The largest absolute Gasteiger partial charge is 0.394 e. The Hall–Kier alpha value is -2.66. The molecule has 0 aliphatic carbocycles. The Morgan fingerprint density at radius 2 is 1.85 bits per heavy atom. The molecule has 3 aromatic rings. The van der Waals surface area contributed by atoms with Crippen molar-refractivity contribution in [1.29, 1.82) is 0 Å². The number of nitrogens with one attached hydrogen (secondary N) is 1. The first-order valence-corrected chi connectivity index (χ1v) is 8.95. The molecule has 3 rings (SSSR count). The predicted octanol–water partition coefficient (Wildman–Crippen LogP) is 3.64. The number of imidazole rings is 1. The van der Waals surface area contributed by atoms with Gasteiger partial charge in [-0.15, -0.1) is 0 Å². The smallest absolute Gasteiger partial charge is 0.251 e. The van der Waals surface area contributed by atoms with E-state index >= 15 is 0 Å². The van der Waals surface area contributed by atoms with Crippen LogP contribution in [-0.2, 0) is 0 Å². The van der Waals surface area contributed by atoms with E-state index in [1.807, 2.05) is 36.4 Å². The Morgan fingerprint density at radius 1 is 1.15 bits per heavy atom. The molecule has 26 heavy (non-hydrogen) atoms. The predicted molar refractivity (Wildman–Crippen MR) is 104 cm³/mol. The van der Waals surface area contributed by atoms with Crippen LogP contribution in [0.25, 0.3) is 22.4 Å². The van der Waals surface area contributed by atoms with E-state index in [0.717, 1.165) is 28.8 Å². The van der Waals surface area contributed by atoms with Crippen LogP contribution in [0, 0.1) is 5.92 Å². The molecule has 0 fully saturated rings. The quantitative estimate of drug-likeness (QED) is 0.712. The first-order valence-electron chi connectivity index (χ1n) is 8.95. The van der Waals surface area contributed by atoms with Crippen molar-refractivity contribution in [3.05, 3.63) is 54.1 Å². The Balaban J connectivity index is 2.13. The van der Waals surface area contributed by atoms with Gasteiger partial charge in [0, 0.05) is 18.2 Å². The van der Waals surface area contributed by atoms with Crippen LogP contribution in [0.4, 0.5) is 0 Å². The minimum Gasteiger partial charge on any atom is -0.394 e. The summed E-state index contributed by atoms with van der Waals surface area (Å²) in [5.41, 5.74) is 3.45. The Kier molecular flexibility index (Phi) is 5.38. The molecule has 0 unspecified atom stereocenters. The second-order valence-electron chi connectivity index (χ2n) is 6.92. The van der Waals surface area contributed by atoms with E-state index in [1.165, 1.54) is 0 Å². The molecule has 1 amide bonds. The summed E-state index contributed by atoms with van der Waals surface area (Å²) in [5, 5.41) is 12.7. The van der Waals surface area contributed by atoms with Crippen molar-refractivity contribution in [3.8, 4) is 11.4 Å². The third-order valence-corrected chi connectivity index (χ3v) is 4.55. The van der Waals surface area contributed by atoms with Crippen LogP contribution in [0.5, 0.6) is 0 Å². The second-order valence-corrected chi connectivity index (χ2v) is 6.92. The summed E-state index contributed by atoms with van der Waals surface area (Å²) in [5.74, 6) is 1.16. The van der Waals surface area contributed by atoms with Gasteiger partial charge in [-0.05, 0) is 36.6 Å². The van der Waals surface area contributed by atoms with Gasteiger partial charge in [0.25, 0.3) is 5.91 Å². The van der Waals surface area contributed by atoms with E-state index in [-0.39, 0.29) is 18.6 Å². The summed E-state index contributed by atoms with van der Waals surface area (Å²) in [6.07, 6.45) is 0.861. The molecule has 136 valence electrons. The molecule has 0 aliphatic rings. The maximum atomic E-state index is 11.8. The number of carbonyl (C=O) groups is 1.